The lowest BCUT2D eigenvalue weighted by molar-refractivity contribution is -0.140. The largest absolute Gasteiger partial charge is 0.337 e. The molecule has 3 rings (SSSR count). The molecule has 34 heavy (non-hydrogen) atoms. The standard InChI is InChI=1S/C26H37N3O4S/c1-4-34(32,33)12-9-25(30)15-23-13-21(16-27)14-24(20(23)3)18-28-10-11-29(19(2)17-28)26(31)22-7-5-6-8-22/h13-14,19,22H,4-12,15,17-18H2,1-3H3/t19-/m0/s1. The molecule has 1 atom stereocenters. The molecule has 1 saturated heterocycles. The Morgan fingerprint density at radius 2 is 1.82 bits per heavy atom. The molecule has 0 N–H and O–H groups in total. The molecule has 0 unspecified atom stereocenters. The summed E-state index contributed by atoms with van der Waals surface area (Å²) in [7, 11) is -3.19. The third kappa shape index (κ3) is 6.67. The number of nitrogens with zero attached hydrogens (tertiary/aromatic N) is 3. The summed E-state index contributed by atoms with van der Waals surface area (Å²) >= 11 is 0. The lowest BCUT2D eigenvalue weighted by Crippen LogP contribution is -2.54. The fourth-order valence-electron chi connectivity index (χ4n) is 5.12. The number of sulfone groups is 1. The van der Waals surface area contributed by atoms with Crippen LogP contribution in [0.25, 0.3) is 0 Å². The second-order valence-corrected chi connectivity index (χ2v) is 12.3. The Labute approximate surface area is 204 Å². The highest BCUT2D eigenvalue weighted by Gasteiger charge is 2.33. The number of Topliss-reactive ketones (excluding diaryl/α,β-unsaturated/α-hetero) is 1. The Bertz CT molecular complexity index is 1050. The Kier molecular flexibility index (Phi) is 8.89. The van der Waals surface area contributed by atoms with Gasteiger partial charge in [0.05, 0.1) is 17.4 Å². The molecule has 1 aliphatic carbocycles. The van der Waals surface area contributed by atoms with Gasteiger partial charge in [-0.15, -0.1) is 0 Å². The quantitative estimate of drug-likeness (QED) is 0.531. The lowest BCUT2D eigenvalue weighted by atomic mass is 9.94. The Morgan fingerprint density at radius 1 is 1.15 bits per heavy atom. The molecule has 1 aliphatic heterocycles. The van der Waals surface area contributed by atoms with Crippen LogP contribution in [0.1, 0.15) is 68.2 Å². The molecule has 7 nitrogen and oxygen atoms in total. The molecule has 0 radical (unpaired) electrons. The summed E-state index contributed by atoms with van der Waals surface area (Å²) in [5.41, 5.74) is 3.28. The van der Waals surface area contributed by atoms with E-state index in [1.807, 2.05) is 17.9 Å². The maximum absolute atomic E-state index is 12.9. The summed E-state index contributed by atoms with van der Waals surface area (Å²) < 4.78 is 23.5. The molecule has 1 saturated carbocycles. The Hall–Kier alpha value is -2.24. The van der Waals surface area contributed by atoms with Gasteiger partial charge in [-0.1, -0.05) is 19.8 Å². The minimum atomic E-state index is -3.19. The summed E-state index contributed by atoms with van der Waals surface area (Å²) in [5.74, 6) is 0.266. The van der Waals surface area contributed by atoms with Gasteiger partial charge >= 0.3 is 0 Å². The first kappa shape index (κ1) is 26.4. The maximum atomic E-state index is 12.9. The molecule has 1 aromatic rings. The van der Waals surface area contributed by atoms with E-state index in [0.717, 1.165) is 55.5 Å². The molecule has 0 spiro atoms. The molecule has 0 aromatic heterocycles. The summed E-state index contributed by atoms with van der Waals surface area (Å²) in [6.45, 7) is 8.57. The molecule has 1 aromatic carbocycles. The second-order valence-electron chi connectivity index (χ2n) is 9.83. The summed E-state index contributed by atoms with van der Waals surface area (Å²) in [4.78, 5) is 29.7. The highest BCUT2D eigenvalue weighted by molar-refractivity contribution is 7.91. The molecular weight excluding hydrogens is 450 g/mol. The van der Waals surface area contributed by atoms with Crippen LogP contribution in [-0.4, -0.2) is 67.1 Å². The van der Waals surface area contributed by atoms with Crippen LogP contribution in [0, 0.1) is 24.2 Å². The van der Waals surface area contributed by atoms with Gasteiger partial charge in [0.25, 0.3) is 0 Å². The number of carbonyl (C=O) groups is 2. The third-order valence-corrected chi connectivity index (χ3v) is 9.07. The Balaban J connectivity index is 1.66. The van der Waals surface area contributed by atoms with Crippen LogP contribution in [0.15, 0.2) is 12.1 Å². The molecule has 2 fully saturated rings. The van der Waals surface area contributed by atoms with Gasteiger partial charge in [-0.25, -0.2) is 8.42 Å². The number of rotatable bonds is 9. The van der Waals surface area contributed by atoms with E-state index in [1.165, 1.54) is 0 Å². The summed E-state index contributed by atoms with van der Waals surface area (Å²) in [5, 5.41) is 9.53. The van der Waals surface area contributed by atoms with E-state index in [0.29, 0.717) is 24.6 Å². The number of ketones is 1. The average molecular weight is 488 g/mol. The van der Waals surface area contributed by atoms with Crippen molar-refractivity contribution in [2.75, 3.05) is 31.1 Å². The number of carbonyl (C=O) groups excluding carboxylic acids is 2. The van der Waals surface area contributed by atoms with Crippen molar-refractivity contribution < 1.29 is 18.0 Å². The fraction of sp³-hybridized carbons (Fsp3) is 0.654. The molecule has 0 bridgehead atoms. The van der Waals surface area contributed by atoms with Crippen LogP contribution in [0.3, 0.4) is 0 Å². The van der Waals surface area contributed by atoms with Gasteiger partial charge in [-0.3, -0.25) is 14.5 Å². The molecule has 8 heteroatoms. The van der Waals surface area contributed by atoms with E-state index in [-0.39, 0.29) is 42.1 Å². The van der Waals surface area contributed by atoms with Crippen LogP contribution >= 0.6 is 0 Å². The van der Waals surface area contributed by atoms with Crippen LogP contribution in [-0.2, 0) is 32.4 Å². The van der Waals surface area contributed by atoms with Crippen molar-refractivity contribution in [2.24, 2.45) is 5.92 Å². The van der Waals surface area contributed by atoms with Gasteiger partial charge in [0.15, 0.2) is 0 Å². The topological polar surface area (TPSA) is 98.5 Å². The fourth-order valence-corrected chi connectivity index (χ4v) is 5.95. The number of benzene rings is 1. The van der Waals surface area contributed by atoms with Gasteiger partial charge in [-0.2, -0.15) is 5.26 Å². The van der Waals surface area contributed by atoms with Gasteiger partial charge in [0.1, 0.15) is 15.6 Å². The number of amides is 1. The number of piperazine rings is 1. The molecule has 186 valence electrons. The maximum Gasteiger partial charge on any atom is 0.226 e. The van der Waals surface area contributed by atoms with E-state index in [2.05, 4.69) is 17.9 Å². The van der Waals surface area contributed by atoms with Gasteiger partial charge in [0, 0.05) is 56.7 Å². The van der Waals surface area contributed by atoms with E-state index in [1.54, 1.807) is 13.0 Å². The molecule has 2 aliphatic rings. The predicted molar refractivity (Wildman–Crippen MR) is 132 cm³/mol. The van der Waals surface area contributed by atoms with Crippen LogP contribution in [0.4, 0.5) is 0 Å². The van der Waals surface area contributed by atoms with Crippen LogP contribution in [0.5, 0.6) is 0 Å². The van der Waals surface area contributed by atoms with Crippen LogP contribution < -0.4 is 0 Å². The van der Waals surface area contributed by atoms with Gasteiger partial charge < -0.3 is 4.90 Å². The predicted octanol–water partition coefficient (Wildman–Crippen LogP) is 3.03. The highest BCUT2D eigenvalue weighted by atomic mass is 32.2. The first-order chi connectivity index (χ1) is 16.1. The molecular formula is C26H37N3O4S. The van der Waals surface area contributed by atoms with Crippen molar-refractivity contribution in [2.45, 2.75) is 71.9 Å². The minimum Gasteiger partial charge on any atom is -0.337 e. The minimum absolute atomic E-state index is 0.00375. The number of hydrogen-bond donors (Lipinski definition) is 0. The van der Waals surface area contributed by atoms with Crippen molar-refractivity contribution in [3.63, 3.8) is 0 Å². The third-order valence-electron chi connectivity index (χ3n) is 7.36. The zero-order valence-corrected chi connectivity index (χ0v) is 21.5. The lowest BCUT2D eigenvalue weighted by Gasteiger charge is -2.41. The van der Waals surface area contributed by atoms with Crippen molar-refractivity contribution in [1.29, 1.82) is 5.26 Å². The molecule has 1 amide bonds. The Morgan fingerprint density at radius 3 is 2.44 bits per heavy atom. The van der Waals surface area contributed by atoms with E-state index < -0.39 is 9.84 Å². The first-order valence-corrected chi connectivity index (χ1v) is 14.2. The van der Waals surface area contributed by atoms with E-state index in [9.17, 15) is 23.3 Å². The molecule has 1 heterocycles. The van der Waals surface area contributed by atoms with E-state index in [4.69, 9.17) is 0 Å². The van der Waals surface area contributed by atoms with Crippen LogP contribution in [0.2, 0.25) is 0 Å². The average Bonchev–Trinajstić information content (AvgIpc) is 3.35. The van der Waals surface area contributed by atoms with E-state index >= 15 is 0 Å². The zero-order chi connectivity index (χ0) is 24.9. The number of nitriles is 1. The van der Waals surface area contributed by atoms with Crippen molar-refractivity contribution in [1.82, 2.24) is 9.80 Å². The highest BCUT2D eigenvalue weighted by Crippen LogP contribution is 2.28. The first-order valence-electron chi connectivity index (χ1n) is 12.4. The van der Waals surface area contributed by atoms with Crippen molar-refractivity contribution >= 4 is 21.5 Å². The smallest absolute Gasteiger partial charge is 0.226 e. The summed E-state index contributed by atoms with van der Waals surface area (Å²) in [6, 6.07) is 5.96. The zero-order valence-electron chi connectivity index (χ0n) is 20.7. The van der Waals surface area contributed by atoms with Gasteiger partial charge in [-0.05, 0) is 55.5 Å². The normalized spacial score (nSPS) is 19.8. The monoisotopic (exact) mass is 487 g/mol. The SMILES string of the molecule is CCS(=O)(=O)CCC(=O)Cc1cc(C#N)cc(CN2CCN(C(=O)C3CCCC3)[C@@H](C)C2)c1C. The van der Waals surface area contributed by atoms with Gasteiger partial charge in [0.2, 0.25) is 5.91 Å². The van der Waals surface area contributed by atoms with Crippen molar-refractivity contribution in [3.8, 4) is 6.07 Å². The van der Waals surface area contributed by atoms with Crippen molar-refractivity contribution in [3.05, 3.63) is 34.4 Å². The summed E-state index contributed by atoms with van der Waals surface area (Å²) in [6.07, 6.45) is 4.45. The second kappa shape index (κ2) is 11.5. The number of hydrogen-bond acceptors (Lipinski definition) is 6.